The van der Waals surface area contributed by atoms with Crippen molar-refractivity contribution < 1.29 is 13.2 Å². The number of hydrogen-bond acceptors (Lipinski definition) is 4. The van der Waals surface area contributed by atoms with Crippen molar-refractivity contribution in [2.45, 2.75) is 6.54 Å². The van der Waals surface area contributed by atoms with Crippen LogP contribution in [0.4, 0.5) is 5.69 Å². The molecule has 0 aliphatic rings. The van der Waals surface area contributed by atoms with Crippen molar-refractivity contribution in [2.75, 3.05) is 17.6 Å². The van der Waals surface area contributed by atoms with Gasteiger partial charge in [0.15, 0.2) is 0 Å². The average molecular weight is 240 g/mol. The van der Waals surface area contributed by atoms with Gasteiger partial charge in [-0.3, -0.25) is 4.31 Å². The molecule has 0 saturated carbocycles. The highest BCUT2D eigenvalue weighted by Gasteiger charge is 2.14. The molecule has 1 rings (SSSR count). The molecule has 0 aliphatic carbocycles. The lowest BCUT2D eigenvalue weighted by Crippen LogP contribution is -2.25. The molecule has 0 unspecified atom stereocenters. The molecule has 0 N–H and O–H groups in total. The standard InChI is InChI=1S/C10H12N2O3S/c1-12(16(2,14)15)10-6-4-3-5-9(10)7-11-8-13/h3-6H,7H2,1-2H3. The molecule has 1 aromatic rings. The summed E-state index contributed by atoms with van der Waals surface area (Å²) in [6.45, 7) is 0.125. The van der Waals surface area contributed by atoms with Crippen LogP contribution in [-0.4, -0.2) is 27.8 Å². The zero-order valence-electron chi connectivity index (χ0n) is 9.04. The van der Waals surface area contributed by atoms with Gasteiger partial charge in [-0.2, -0.15) is 0 Å². The van der Waals surface area contributed by atoms with Gasteiger partial charge >= 0.3 is 0 Å². The fourth-order valence-corrected chi connectivity index (χ4v) is 1.78. The molecule has 0 saturated heterocycles. The number of hydrogen-bond donors (Lipinski definition) is 0. The number of isocyanates is 1. The van der Waals surface area contributed by atoms with Crippen LogP contribution in [0, 0.1) is 0 Å². The molecule has 0 fully saturated rings. The molecule has 5 nitrogen and oxygen atoms in total. The third kappa shape index (κ3) is 2.92. The molecule has 0 aromatic heterocycles. The monoisotopic (exact) mass is 240 g/mol. The van der Waals surface area contributed by atoms with E-state index in [4.69, 9.17) is 0 Å². The lowest BCUT2D eigenvalue weighted by molar-refractivity contribution is 0.563. The van der Waals surface area contributed by atoms with Crippen LogP contribution in [0.1, 0.15) is 5.56 Å². The number of carbonyl (C=O) groups excluding carboxylic acids is 1. The summed E-state index contributed by atoms with van der Waals surface area (Å²) in [6.07, 6.45) is 2.55. The van der Waals surface area contributed by atoms with Crippen LogP contribution in [0.25, 0.3) is 0 Å². The Kier molecular flexibility index (Phi) is 3.82. The first-order valence-electron chi connectivity index (χ1n) is 4.52. The van der Waals surface area contributed by atoms with Gasteiger partial charge < -0.3 is 0 Å². The minimum atomic E-state index is -3.31. The van der Waals surface area contributed by atoms with Crippen LogP contribution in [-0.2, 0) is 21.4 Å². The molecular formula is C10H12N2O3S. The second-order valence-electron chi connectivity index (χ2n) is 3.27. The molecule has 0 bridgehead atoms. The van der Waals surface area contributed by atoms with Gasteiger partial charge in [0.1, 0.15) is 0 Å². The van der Waals surface area contributed by atoms with E-state index < -0.39 is 10.0 Å². The Morgan fingerprint density at radius 1 is 1.38 bits per heavy atom. The van der Waals surface area contributed by atoms with E-state index in [-0.39, 0.29) is 6.54 Å². The molecule has 86 valence electrons. The Labute approximate surface area is 94.5 Å². The van der Waals surface area contributed by atoms with Gasteiger partial charge in [-0.25, -0.2) is 18.2 Å². The fraction of sp³-hybridized carbons (Fsp3) is 0.300. The number of nitrogens with zero attached hydrogens (tertiary/aromatic N) is 2. The van der Waals surface area contributed by atoms with Gasteiger partial charge in [0.25, 0.3) is 0 Å². The molecule has 0 spiro atoms. The molecule has 0 aliphatic heterocycles. The van der Waals surface area contributed by atoms with Gasteiger partial charge in [0.2, 0.25) is 16.1 Å². The van der Waals surface area contributed by atoms with Gasteiger partial charge in [-0.1, -0.05) is 18.2 Å². The molecule has 0 amide bonds. The van der Waals surface area contributed by atoms with Gasteiger partial charge in [0, 0.05) is 7.05 Å². The van der Waals surface area contributed by atoms with Gasteiger partial charge in [-0.15, -0.1) is 0 Å². The number of benzene rings is 1. The number of anilines is 1. The molecule has 6 heteroatoms. The second kappa shape index (κ2) is 4.92. The molecule has 0 radical (unpaired) electrons. The molecule has 0 heterocycles. The first-order chi connectivity index (χ1) is 7.46. The smallest absolute Gasteiger partial charge is 0.235 e. The zero-order chi connectivity index (χ0) is 12.2. The van der Waals surface area contributed by atoms with Crippen LogP contribution in [0.3, 0.4) is 0 Å². The summed E-state index contributed by atoms with van der Waals surface area (Å²) in [5, 5.41) is 0. The maximum atomic E-state index is 11.4. The summed E-state index contributed by atoms with van der Waals surface area (Å²) in [7, 11) is -1.85. The highest BCUT2D eigenvalue weighted by molar-refractivity contribution is 7.92. The van der Waals surface area contributed by atoms with Crippen LogP contribution in [0.15, 0.2) is 29.3 Å². The Balaban J connectivity index is 3.17. The topological polar surface area (TPSA) is 66.8 Å². The summed E-state index contributed by atoms with van der Waals surface area (Å²) in [6, 6.07) is 6.87. The first-order valence-corrected chi connectivity index (χ1v) is 6.37. The van der Waals surface area contributed by atoms with E-state index in [2.05, 4.69) is 4.99 Å². The summed E-state index contributed by atoms with van der Waals surface area (Å²) in [5.41, 5.74) is 1.18. The Morgan fingerprint density at radius 2 is 2.00 bits per heavy atom. The van der Waals surface area contributed by atoms with E-state index in [0.29, 0.717) is 11.3 Å². The van der Waals surface area contributed by atoms with E-state index in [1.54, 1.807) is 24.3 Å². The molecule has 16 heavy (non-hydrogen) atoms. The summed E-state index contributed by atoms with van der Waals surface area (Å²) < 4.78 is 23.9. The summed E-state index contributed by atoms with van der Waals surface area (Å²) in [4.78, 5) is 13.5. The van der Waals surface area contributed by atoms with Crippen molar-refractivity contribution in [3.63, 3.8) is 0 Å². The quantitative estimate of drug-likeness (QED) is 0.580. The molecule has 0 atom stereocenters. The number of para-hydroxylation sites is 1. The number of rotatable bonds is 4. The maximum Gasteiger partial charge on any atom is 0.235 e. The van der Waals surface area contributed by atoms with Crippen LogP contribution < -0.4 is 4.31 Å². The lowest BCUT2D eigenvalue weighted by atomic mass is 10.2. The summed E-state index contributed by atoms with van der Waals surface area (Å²) >= 11 is 0. The Morgan fingerprint density at radius 3 is 2.56 bits per heavy atom. The fourth-order valence-electron chi connectivity index (χ4n) is 1.25. The van der Waals surface area contributed by atoms with Gasteiger partial charge in [-0.05, 0) is 11.6 Å². The third-order valence-electron chi connectivity index (χ3n) is 2.14. The predicted molar refractivity (Wildman–Crippen MR) is 61.5 cm³/mol. The minimum Gasteiger partial charge on any atom is -0.273 e. The maximum absolute atomic E-state index is 11.4. The van der Waals surface area contributed by atoms with E-state index in [0.717, 1.165) is 10.6 Å². The van der Waals surface area contributed by atoms with Crippen molar-refractivity contribution in [1.29, 1.82) is 0 Å². The van der Waals surface area contributed by atoms with Crippen LogP contribution >= 0.6 is 0 Å². The predicted octanol–water partition coefficient (Wildman–Crippen LogP) is 0.918. The highest BCUT2D eigenvalue weighted by atomic mass is 32.2. The second-order valence-corrected chi connectivity index (χ2v) is 5.28. The minimum absolute atomic E-state index is 0.125. The lowest BCUT2D eigenvalue weighted by Gasteiger charge is -2.19. The van der Waals surface area contributed by atoms with Crippen molar-refractivity contribution in [3.8, 4) is 0 Å². The third-order valence-corrected chi connectivity index (χ3v) is 3.33. The number of sulfonamides is 1. The Hall–Kier alpha value is -1.65. The highest BCUT2D eigenvalue weighted by Crippen LogP contribution is 2.21. The number of aliphatic imine (C=N–C) groups is 1. The Bertz CT molecular complexity index is 519. The van der Waals surface area contributed by atoms with Crippen molar-refractivity contribution in [2.24, 2.45) is 4.99 Å². The van der Waals surface area contributed by atoms with E-state index >= 15 is 0 Å². The molecule has 1 aromatic carbocycles. The first kappa shape index (κ1) is 12.4. The summed E-state index contributed by atoms with van der Waals surface area (Å²) in [5.74, 6) is 0. The van der Waals surface area contributed by atoms with Crippen molar-refractivity contribution in [1.82, 2.24) is 0 Å². The largest absolute Gasteiger partial charge is 0.273 e. The zero-order valence-corrected chi connectivity index (χ0v) is 9.86. The van der Waals surface area contributed by atoms with Crippen LogP contribution in [0.2, 0.25) is 0 Å². The van der Waals surface area contributed by atoms with Crippen LogP contribution in [0.5, 0.6) is 0 Å². The van der Waals surface area contributed by atoms with E-state index in [9.17, 15) is 13.2 Å². The van der Waals surface area contributed by atoms with E-state index in [1.807, 2.05) is 0 Å². The van der Waals surface area contributed by atoms with Crippen molar-refractivity contribution >= 4 is 21.8 Å². The van der Waals surface area contributed by atoms with Crippen molar-refractivity contribution in [3.05, 3.63) is 29.8 Å². The average Bonchev–Trinajstić information content (AvgIpc) is 2.24. The van der Waals surface area contributed by atoms with E-state index in [1.165, 1.54) is 13.1 Å². The van der Waals surface area contributed by atoms with Gasteiger partial charge in [0.05, 0.1) is 18.5 Å². The normalized spacial score (nSPS) is 10.6. The SMILES string of the molecule is CN(c1ccccc1CN=C=O)S(C)(=O)=O. The molecular weight excluding hydrogens is 228 g/mol.